The van der Waals surface area contributed by atoms with Crippen LogP contribution >= 0.6 is 11.6 Å². The minimum atomic E-state index is -0.978. The Morgan fingerprint density at radius 2 is 1.53 bits per heavy atom. The second-order valence-electron chi connectivity index (χ2n) is 3.98. The third-order valence-electron chi connectivity index (χ3n) is 2.31. The highest BCUT2D eigenvalue weighted by Gasteiger charge is 2.48. The molecule has 1 aliphatic heterocycles. The lowest BCUT2D eigenvalue weighted by atomic mass is 10.1. The van der Waals surface area contributed by atoms with Gasteiger partial charge in [-0.1, -0.05) is 11.6 Å². The van der Waals surface area contributed by atoms with Crippen LogP contribution in [0, 0.1) is 0 Å². The summed E-state index contributed by atoms with van der Waals surface area (Å²) in [7, 11) is 0. The standard InChI is InChI=1S/C11H15ClO7/c1-5(13)16-4-8-9(17-6(2)14)10(11(12)19-8)18-7(3)15/h8-11H,4H2,1-3H3/t8?,9-,10-,11?/m0/s1. The van der Waals surface area contributed by atoms with E-state index < -0.39 is 41.8 Å². The maximum Gasteiger partial charge on any atom is 0.303 e. The number of hydrogen-bond donors (Lipinski definition) is 0. The number of halogens is 1. The molecule has 0 aromatic carbocycles. The first-order valence-corrected chi connectivity index (χ1v) is 6.02. The van der Waals surface area contributed by atoms with Crippen LogP contribution in [-0.4, -0.2) is 48.4 Å². The summed E-state index contributed by atoms with van der Waals surface area (Å²) < 4.78 is 20.0. The smallest absolute Gasteiger partial charge is 0.303 e. The lowest BCUT2D eigenvalue weighted by molar-refractivity contribution is -0.165. The molecular weight excluding hydrogens is 280 g/mol. The highest BCUT2D eigenvalue weighted by atomic mass is 35.5. The first kappa shape index (κ1) is 15.7. The lowest BCUT2D eigenvalue weighted by Gasteiger charge is -2.22. The zero-order valence-corrected chi connectivity index (χ0v) is 11.5. The molecule has 1 fully saturated rings. The van der Waals surface area contributed by atoms with Gasteiger partial charge in [-0.15, -0.1) is 0 Å². The molecule has 2 unspecified atom stereocenters. The third kappa shape index (κ3) is 4.68. The average molecular weight is 295 g/mol. The molecule has 0 amide bonds. The van der Waals surface area contributed by atoms with E-state index in [9.17, 15) is 14.4 Å². The quantitative estimate of drug-likeness (QED) is 0.420. The summed E-state index contributed by atoms with van der Waals surface area (Å²) in [5.74, 6) is -1.67. The summed E-state index contributed by atoms with van der Waals surface area (Å²) in [6, 6.07) is 0. The van der Waals surface area contributed by atoms with Gasteiger partial charge in [0.1, 0.15) is 12.7 Å². The van der Waals surface area contributed by atoms with E-state index in [1.807, 2.05) is 0 Å². The van der Waals surface area contributed by atoms with Gasteiger partial charge in [-0.3, -0.25) is 14.4 Å². The SMILES string of the molecule is CC(=O)OCC1OC(Cl)[C@@H](OC(C)=O)[C@H]1OC(C)=O. The summed E-state index contributed by atoms with van der Waals surface area (Å²) >= 11 is 5.88. The van der Waals surface area contributed by atoms with E-state index in [2.05, 4.69) is 0 Å². The Labute approximate surface area is 115 Å². The van der Waals surface area contributed by atoms with Gasteiger partial charge in [-0.2, -0.15) is 0 Å². The molecule has 1 aliphatic rings. The number of carbonyl (C=O) groups is 3. The second-order valence-corrected chi connectivity index (χ2v) is 4.41. The van der Waals surface area contributed by atoms with Crippen molar-refractivity contribution in [3.63, 3.8) is 0 Å². The number of hydrogen-bond acceptors (Lipinski definition) is 7. The van der Waals surface area contributed by atoms with Crippen LogP contribution < -0.4 is 0 Å². The molecule has 0 aromatic heterocycles. The van der Waals surface area contributed by atoms with Crippen LogP contribution in [0.2, 0.25) is 0 Å². The minimum absolute atomic E-state index is 0.145. The van der Waals surface area contributed by atoms with Crippen molar-refractivity contribution >= 4 is 29.5 Å². The molecule has 0 spiro atoms. The maximum atomic E-state index is 11.1. The van der Waals surface area contributed by atoms with Crippen molar-refractivity contribution in [1.82, 2.24) is 0 Å². The van der Waals surface area contributed by atoms with Crippen molar-refractivity contribution in [1.29, 1.82) is 0 Å². The highest BCUT2D eigenvalue weighted by Crippen LogP contribution is 2.29. The van der Waals surface area contributed by atoms with Crippen molar-refractivity contribution in [3.05, 3.63) is 0 Å². The van der Waals surface area contributed by atoms with E-state index in [4.69, 9.17) is 30.5 Å². The number of esters is 3. The summed E-state index contributed by atoms with van der Waals surface area (Å²) in [5.41, 5.74) is -0.978. The first-order chi connectivity index (χ1) is 8.81. The molecule has 0 bridgehead atoms. The molecule has 1 saturated heterocycles. The van der Waals surface area contributed by atoms with Crippen LogP contribution in [0.1, 0.15) is 20.8 Å². The maximum absolute atomic E-state index is 11.1. The van der Waals surface area contributed by atoms with Crippen molar-refractivity contribution in [2.24, 2.45) is 0 Å². The Hall–Kier alpha value is -1.34. The van der Waals surface area contributed by atoms with Gasteiger partial charge in [-0.05, 0) is 0 Å². The molecular formula is C11H15ClO7. The molecule has 0 aliphatic carbocycles. The zero-order chi connectivity index (χ0) is 14.6. The van der Waals surface area contributed by atoms with Crippen LogP contribution in [0.25, 0.3) is 0 Å². The van der Waals surface area contributed by atoms with Crippen LogP contribution in [-0.2, 0) is 33.3 Å². The average Bonchev–Trinajstić information content (AvgIpc) is 2.53. The Morgan fingerprint density at radius 1 is 1.00 bits per heavy atom. The summed E-state index contributed by atoms with van der Waals surface area (Å²) in [5, 5.41) is 0. The minimum Gasteiger partial charge on any atom is -0.463 e. The van der Waals surface area contributed by atoms with Gasteiger partial charge < -0.3 is 18.9 Å². The fourth-order valence-corrected chi connectivity index (χ4v) is 1.99. The van der Waals surface area contributed by atoms with Crippen LogP contribution in [0.15, 0.2) is 0 Å². The number of alkyl halides is 1. The topological polar surface area (TPSA) is 88.1 Å². The van der Waals surface area contributed by atoms with E-state index in [0.717, 1.165) is 0 Å². The van der Waals surface area contributed by atoms with Gasteiger partial charge >= 0.3 is 17.9 Å². The molecule has 7 nitrogen and oxygen atoms in total. The van der Waals surface area contributed by atoms with Crippen LogP contribution in [0.4, 0.5) is 0 Å². The Kier molecular flexibility index (Phi) is 5.56. The molecule has 0 aromatic rings. The Morgan fingerprint density at radius 3 is 2.00 bits per heavy atom. The lowest BCUT2D eigenvalue weighted by Crippen LogP contribution is -2.40. The molecule has 0 saturated carbocycles. The Balaban J connectivity index is 2.76. The van der Waals surface area contributed by atoms with E-state index in [1.54, 1.807) is 0 Å². The number of ether oxygens (including phenoxy) is 4. The van der Waals surface area contributed by atoms with Gasteiger partial charge in [0.05, 0.1) is 0 Å². The molecule has 4 atom stereocenters. The van der Waals surface area contributed by atoms with E-state index in [1.165, 1.54) is 20.8 Å². The highest BCUT2D eigenvalue weighted by molar-refractivity contribution is 6.20. The number of carbonyl (C=O) groups excluding carboxylic acids is 3. The second kappa shape index (κ2) is 6.72. The predicted octanol–water partition coefficient (Wildman–Crippen LogP) is 0.377. The molecule has 0 N–H and O–H groups in total. The normalized spacial score (nSPS) is 29.7. The zero-order valence-electron chi connectivity index (χ0n) is 10.8. The van der Waals surface area contributed by atoms with E-state index >= 15 is 0 Å². The van der Waals surface area contributed by atoms with Gasteiger partial charge in [-0.25, -0.2) is 0 Å². The monoisotopic (exact) mass is 294 g/mol. The van der Waals surface area contributed by atoms with Crippen molar-refractivity contribution < 1.29 is 33.3 Å². The fourth-order valence-electron chi connectivity index (χ4n) is 1.66. The van der Waals surface area contributed by atoms with Crippen molar-refractivity contribution in [2.45, 2.75) is 44.6 Å². The first-order valence-electron chi connectivity index (χ1n) is 5.58. The molecule has 8 heteroatoms. The molecule has 1 rings (SSSR count). The van der Waals surface area contributed by atoms with Gasteiger partial charge in [0, 0.05) is 20.8 Å². The predicted molar refractivity (Wildman–Crippen MR) is 62.3 cm³/mol. The molecule has 19 heavy (non-hydrogen) atoms. The largest absolute Gasteiger partial charge is 0.463 e. The molecule has 0 radical (unpaired) electrons. The van der Waals surface area contributed by atoms with Crippen LogP contribution in [0.3, 0.4) is 0 Å². The summed E-state index contributed by atoms with van der Waals surface area (Å²) in [6.45, 7) is 3.49. The van der Waals surface area contributed by atoms with E-state index in [0.29, 0.717) is 0 Å². The fraction of sp³-hybridized carbons (Fsp3) is 0.727. The van der Waals surface area contributed by atoms with Crippen molar-refractivity contribution in [3.8, 4) is 0 Å². The van der Waals surface area contributed by atoms with Crippen LogP contribution in [0.5, 0.6) is 0 Å². The summed E-state index contributed by atoms with van der Waals surface area (Å²) in [6.07, 6.45) is -2.63. The molecule has 1 heterocycles. The third-order valence-corrected chi connectivity index (χ3v) is 2.66. The molecule has 108 valence electrons. The summed E-state index contributed by atoms with van der Waals surface area (Å²) in [4.78, 5) is 32.8. The van der Waals surface area contributed by atoms with Crippen molar-refractivity contribution in [2.75, 3.05) is 6.61 Å². The number of rotatable bonds is 4. The van der Waals surface area contributed by atoms with Gasteiger partial charge in [0.25, 0.3) is 0 Å². The van der Waals surface area contributed by atoms with Gasteiger partial charge in [0.15, 0.2) is 17.8 Å². The van der Waals surface area contributed by atoms with Gasteiger partial charge in [0.2, 0.25) is 0 Å². The Bertz CT molecular complexity index is 370. The van der Waals surface area contributed by atoms with E-state index in [-0.39, 0.29) is 6.61 Å².